The molecule has 3 rings (SSSR count). The Morgan fingerprint density at radius 3 is 2.46 bits per heavy atom. The largest absolute Gasteiger partial charge is 0.326 e. The van der Waals surface area contributed by atoms with Crippen molar-refractivity contribution in [2.75, 3.05) is 18.9 Å². The summed E-state index contributed by atoms with van der Waals surface area (Å²) in [6.45, 7) is 0.657. The van der Waals surface area contributed by atoms with Crippen molar-refractivity contribution in [1.29, 1.82) is 0 Å². The molecule has 0 fully saturated rings. The second-order valence-electron chi connectivity index (χ2n) is 6.26. The van der Waals surface area contributed by atoms with Gasteiger partial charge in [0.15, 0.2) is 24.0 Å². The van der Waals surface area contributed by atoms with Gasteiger partial charge in [-0.3, -0.25) is 4.79 Å². The van der Waals surface area contributed by atoms with Crippen LogP contribution in [0.4, 0.5) is 18.9 Å². The van der Waals surface area contributed by atoms with Gasteiger partial charge in [0.2, 0.25) is 0 Å². The zero-order valence-corrected chi connectivity index (χ0v) is 14.2. The standard InChI is InChI=1S/C20H17F3N2O/c1-25(11-13-6-7-14-4-2-3-5-15(14)10-13)12-18(26)24-17-9-8-16(21)19(22)20(17)23/h2-10H,11-12H2,1H3,(H,24,26)/p+1. The van der Waals surface area contributed by atoms with Gasteiger partial charge in [-0.1, -0.05) is 36.4 Å². The Bertz CT molecular complexity index is 959. The minimum Gasteiger partial charge on any atom is -0.326 e. The van der Waals surface area contributed by atoms with E-state index in [1.807, 2.05) is 43.4 Å². The molecule has 1 atom stereocenters. The first kappa shape index (κ1) is 17.9. The third-order valence-corrected chi connectivity index (χ3v) is 4.09. The van der Waals surface area contributed by atoms with E-state index in [4.69, 9.17) is 0 Å². The highest BCUT2D eigenvalue weighted by Gasteiger charge is 2.17. The Kier molecular flexibility index (Phi) is 5.23. The Balaban J connectivity index is 1.62. The zero-order valence-electron chi connectivity index (χ0n) is 14.2. The van der Waals surface area contributed by atoms with Gasteiger partial charge in [-0.2, -0.15) is 0 Å². The number of quaternary nitrogens is 1. The summed E-state index contributed by atoms with van der Waals surface area (Å²) in [5.74, 6) is -4.77. The summed E-state index contributed by atoms with van der Waals surface area (Å²) in [6, 6.07) is 15.9. The van der Waals surface area contributed by atoms with Gasteiger partial charge in [-0.15, -0.1) is 0 Å². The van der Waals surface area contributed by atoms with E-state index in [2.05, 4.69) is 11.4 Å². The number of hydrogen-bond acceptors (Lipinski definition) is 1. The van der Waals surface area contributed by atoms with Crippen molar-refractivity contribution in [3.63, 3.8) is 0 Å². The number of halogens is 3. The molecule has 0 aromatic heterocycles. The molecule has 0 aliphatic heterocycles. The topological polar surface area (TPSA) is 33.5 Å². The molecule has 6 heteroatoms. The maximum atomic E-state index is 13.6. The highest BCUT2D eigenvalue weighted by Crippen LogP contribution is 2.19. The minimum atomic E-state index is -1.60. The molecule has 0 spiro atoms. The van der Waals surface area contributed by atoms with E-state index >= 15 is 0 Å². The summed E-state index contributed by atoms with van der Waals surface area (Å²) in [4.78, 5) is 12.9. The second-order valence-corrected chi connectivity index (χ2v) is 6.26. The fourth-order valence-electron chi connectivity index (χ4n) is 2.85. The summed E-state index contributed by atoms with van der Waals surface area (Å²) in [6.07, 6.45) is 0. The van der Waals surface area contributed by atoms with Gasteiger partial charge in [-0.05, 0) is 29.0 Å². The van der Waals surface area contributed by atoms with Gasteiger partial charge in [0, 0.05) is 5.56 Å². The Hall–Kier alpha value is -2.86. The summed E-state index contributed by atoms with van der Waals surface area (Å²) < 4.78 is 39.8. The number of carbonyl (C=O) groups is 1. The number of hydrogen-bond donors (Lipinski definition) is 2. The molecule has 0 aliphatic carbocycles. The van der Waals surface area contributed by atoms with Crippen molar-refractivity contribution in [2.24, 2.45) is 0 Å². The fourth-order valence-corrected chi connectivity index (χ4v) is 2.85. The van der Waals surface area contributed by atoms with E-state index in [-0.39, 0.29) is 12.2 Å². The third-order valence-electron chi connectivity index (χ3n) is 4.09. The molecule has 26 heavy (non-hydrogen) atoms. The van der Waals surface area contributed by atoms with Crippen LogP contribution < -0.4 is 10.2 Å². The predicted molar refractivity (Wildman–Crippen MR) is 94.4 cm³/mol. The molecule has 1 amide bonds. The van der Waals surface area contributed by atoms with Crippen molar-refractivity contribution in [3.05, 3.63) is 77.6 Å². The molecule has 1 unspecified atom stereocenters. The SMILES string of the molecule is C[NH+](CC(=O)Nc1ccc(F)c(F)c1F)Cc1ccc2ccccc2c1. The molecule has 0 heterocycles. The number of anilines is 1. The first-order chi connectivity index (χ1) is 12.4. The molecule has 0 saturated heterocycles. The van der Waals surface area contributed by atoms with E-state index in [9.17, 15) is 18.0 Å². The average molecular weight is 359 g/mol. The summed E-state index contributed by atoms with van der Waals surface area (Å²) in [5, 5.41) is 4.54. The zero-order chi connectivity index (χ0) is 18.7. The number of likely N-dealkylation sites (N-methyl/N-ethyl adjacent to an activating group) is 1. The number of rotatable bonds is 5. The lowest BCUT2D eigenvalue weighted by Crippen LogP contribution is -3.08. The molecule has 3 nitrogen and oxygen atoms in total. The van der Waals surface area contributed by atoms with Crippen LogP contribution in [-0.2, 0) is 11.3 Å². The third kappa shape index (κ3) is 4.03. The summed E-state index contributed by atoms with van der Waals surface area (Å²) >= 11 is 0. The highest BCUT2D eigenvalue weighted by molar-refractivity contribution is 5.91. The van der Waals surface area contributed by atoms with Crippen molar-refractivity contribution in [1.82, 2.24) is 0 Å². The Labute approximate surface area is 149 Å². The van der Waals surface area contributed by atoms with E-state index in [1.54, 1.807) is 0 Å². The first-order valence-corrected chi connectivity index (χ1v) is 8.16. The van der Waals surface area contributed by atoms with Gasteiger partial charge in [0.25, 0.3) is 5.91 Å². The van der Waals surface area contributed by atoms with Crippen LogP contribution in [0.1, 0.15) is 5.56 Å². The van der Waals surface area contributed by atoms with Crippen LogP contribution >= 0.6 is 0 Å². The van der Waals surface area contributed by atoms with Crippen LogP contribution in [0.15, 0.2) is 54.6 Å². The molecular formula is C20H18F3N2O+. The molecule has 0 saturated carbocycles. The minimum absolute atomic E-state index is 0.0608. The Morgan fingerprint density at radius 1 is 0.962 bits per heavy atom. The summed E-state index contributed by atoms with van der Waals surface area (Å²) in [5.41, 5.74) is 0.695. The molecule has 134 valence electrons. The molecule has 0 aliphatic rings. The van der Waals surface area contributed by atoms with Gasteiger partial charge >= 0.3 is 0 Å². The first-order valence-electron chi connectivity index (χ1n) is 8.16. The number of nitrogens with one attached hydrogen (secondary N) is 2. The van der Waals surface area contributed by atoms with E-state index in [0.29, 0.717) is 6.54 Å². The van der Waals surface area contributed by atoms with E-state index < -0.39 is 23.4 Å². The maximum Gasteiger partial charge on any atom is 0.279 e. The molecule has 3 aromatic rings. The van der Waals surface area contributed by atoms with Crippen LogP contribution in [0.25, 0.3) is 10.8 Å². The van der Waals surface area contributed by atoms with E-state index in [1.165, 1.54) is 0 Å². The monoisotopic (exact) mass is 359 g/mol. The van der Waals surface area contributed by atoms with Crippen LogP contribution in [-0.4, -0.2) is 19.5 Å². The van der Waals surface area contributed by atoms with E-state index in [0.717, 1.165) is 33.4 Å². The maximum absolute atomic E-state index is 13.6. The van der Waals surface area contributed by atoms with Crippen molar-refractivity contribution < 1.29 is 22.9 Å². The lowest BCUT2D eigenvalue weighted by molar-refractivity contribution is -0.885. The van der Waals surface area contributed by atoms with Crippen LogP contribution in [0.3, 0.4) is 0 Å². The smallest absolute Gasteiger partial charge is 0.279 e. The van der Waals surface area contributed by atoms with Crippen LogP contribution in [0.5, 0.6) is 0 Å². The van der Waals surface area contributed by atoms with Crippen LogP contribution in [0, 0.1) is 17.5 Å². The molecule has 0 radical (unpaired) electrons. The summed E-state index contributed by atoms with van der Waals surface area (Å²) in [7, 11) is 1.83. The quantitative estimate of drug-likeness (QED) is 0.675. The molecule has 0 bridgehead atoms. The number of amides is 1. The Morgan fingerprint density at radius 2 is 1.69 bits per heavy atom. The normalized spacial score (nSPS) is 12.2. The van der Waals surface area contributed by atoms with Crippen molar-refractivity contribution in [2.45, 2.75) is 6.54 Å². The lowest BCUT2D eigenvalue weighted by atomic mass is 10.1. The van der Waals surface area contributed by atoms with Crippen LogP contribution in [0.2, 0.25) is 0 Å². The van der Waals surface area contributed by atoms with Crippen molar-refractivity contribution in [3.8, 4) is 0 Å². The fraction of sp³-hybridized carbons (Fsp3) is 0.150. The van der Waals surface area contributed by atoms with Gasteiger partial charge < -0.3 is 10.2 Å². The predicted octanol–water partition coefficient (Wildman–Crippen LogP) is 2.91. The molecule has 3 aromatic carbocycles. The number of carbonyl (C=O) groups excluding carboxylic acids is 1. The second kappa shape index (κ2) is 7.58. The number of fused-ring (bicyclic) bond motifs is 1. The van der Waals surface area contributed by atoms with Gasteiger partial charge in [0.1, 0.15) is 6.54 Å². The lowest BCUT2D eigenvalue weighted by Gasteiger charge is -2.14. The van der Waals surface area contributed by atoms with Gasteiger partial charge in [-0.25, -0.2) is 13.2 Å². The average Bonchev–Trinajstić information content (AvgIpc) is 2.62. The molecular weight excluding hydrogens is 341 g/mol. The van der Waals surface area contributed by atoms with Gasteiger partial charge in [0.05, 0.1) is 12.7 Å². The molecule has 2 N–H and O–H groups in total. The highest BCUT2D eigenvalue weighted by atomic mass is 19.2. The van der Waals surface area contributed by atoms with Crippen molar-refractivity contribution >= 4 is 22.4 Å². The number of benzene rings is 3.